The van der Waals surface area contributed by atoms with E-state index in [9.17, 15) is 13.6 Å². The maximum absolute atomic E-state index is 12.5. The van der Waals surface area contributed by atoms with Crippen molar-refractivity contribution in [3.8, 4) is 0 Å². The van der Waals surface area contributed by atoms with Gasteiger partial charge in [-0.2, -0.15) is 8.78 Å². The van der Waals surface area contributed by atoms with E-state index in [1.165, 1.54) is 10.9 Å². The first kappa shape index (κ1) is 16.1. The lowest BCUT2D eigenvalue weighted by Gasteiger charge is -2.08. The molecule has 0 aliphatic rings. The molecule has 3 aromatic rings. The molecule has 0 saturated heterocycles. The molecule has 0 amide bonds. The van der Waals surface area contributed by atoms with Gasteiger partial charge in [0, 0.05) is 9.37 Å². The fraction of sp³-hybridized carbons (Fsp3) is 0.125. The number of alkyl halides is 2. The molecule has 7 heteroatoms. The number of aromatic nitrogens is 2. The minimum absolute atomic E-state index is 0.137. The maximum atomic E-state index is 12.5. The molecule has 0 unspecified atom stereocenters. The summed E-state index contributed by atoms with van der Waals surface area (Å²) >= 11 is 3.85. The van der Waals surface area contributed by atoms with Gasteiger partial charge in [-0.25, -0.2) is 4.98 Å². The molecule has 3 nitrogen and oxygen atoms in total. The number of hydrogen-bond acceptors (Lipinski definition) is 3. The summed E-state index contributed by atoms with van der Waals surface area (Å²) in [7, 11) is 0. The molecule has 0 atom stereocenters. The summed E-state index contributed by atoms with van der Waals surface area (Å²) in [5.74, 6) is -2.44. The van der Waals surface area contributed by atoms with Gasteiger partial charge in [-0.1, -0.05) is 39.8 Å². The second-order valence-electron chi connectivity index (χ2n) is 4.86. The number of rotatable bonds is 4. The summed E-state index contributed by atoms with van der Waals surface area (Å²) in [6.45, 7) is 0.341. The molecule has 1 aromatic heterocycles. The third-order valence-corrected chi connectivity index (χ3v) is 4.50. The highest BCUT2D eigenvalue weighted by atomic mass is 79.9. The van der Waals surface area contributed by atoms with E-state index < -0.39 is 5.76 Å². The van der Waals surface area contributed by atoms with Gasteiger partial charge in [-0.3, -0.25) is 9.36 Å². The third-order valence-electron chi connectivity index (χ3n) is 3.29. The summed E-state index contributed by atoms with van der Waals surface area (Å²) in [6.07, 6.45) is 1.50. The number of halogens is 3. The topological polar surface area (TPSA) is 34.9 Å². The van der Waals surface area contributed by atoms with Gasteiger partial charge >= 0.3 is 0 Å². The van der Waals surface area contributed by atoms with Gasteiger partial charge in [0.05, 0.1) is 23.8 Å². The first-order valence-corrected chi connectivity index (χ1v) is 8.38. The van der Waals surface area contributed by atoms with Crippen molar-refractivity contribution in [2.45, 2.75) is 17.2 Å². The number of fused-ring (bicyclic) bond motifs is 1. The van der Waals surface area contributed by atoms with Crippen LogP contribution in [0.2, 0.25) is 0 Å². The Morgan fingerprint density at radius 1 is 1.17 bits per heavy atom. The van der Waals surface area contributed by atoms with Gasteiger partial charge in [0.1, 0.15) is 0 Å². The quantitative estimate of drug-likeness (QED) is 0.608. The van der Waals surface area contributed by atoms with E-state index in [1.807, 2.05) is 6.07 Å². The summed E-state index contributed by atoms with van der Waals surface area (Å²) < 4.78 is 26.9. The number of thioether (sulfide) groups is 1. The normalized spacial score (nSPS) is 11.3. The maximum Gasteiger partial charge on any atom is 0.288 e. The van der Waals surface area contributed by atoms with Crippen LogP contribution in [0.15, 0.2) is 63.0 Å². The number of hydrogen-bond donors (Lipinski definition) is 0. The van der Waals surface area contributed by atoms with Crippen molar-refractivity contribution in [2.75, 3.05) is 0 Å². The predicted octanol–water partition coefficient (Wildman–Crippen LogP) is 4.52. The first-order valence-electron chi connectivity index (χ1n) is 6.71. The summed E-state index contributed by atoms with van der Waals surface area (Å²) in [5, 5.41) is 0.534. The number of nitrogens with zero attached hydrogens (tertiary/aromatic N) is 2. The Labute approximate surface area is 143 Å². The molecule has 23 heavy (non-hydrogen) atoms. The second kappa shape index (κ2) is 6.80. The standard InChI is InChI=1S/C16H11BrF2N2OS/c17-11-3-6-14-13(7-11)15(22)21(9-20-14)8-10-1-4-12(5-2-10)23-16(18)19/h1-7,9,16H,8H2. The molecule has 0 bridgehead atoms. The van der Waals surface area contributed by atoms with E-state index in [0.717, 1.165) is 10.0 Å². The predicted molar refractivity (Wildman–Crippen MR) is 91.1 cm³/mol. The smallest absolute Gasteiger partial charge is 0.288 e. The highest BCUT2D eigenvalue weighted by Gasteiger charge is 2.07. The molecule has 0 aliphatic heterocycles. The summed E-state index contributed by atoms with van der Waals surface area (Å²) in [4.78, 5) is 17.3. The second-order valence-corrected chi connectivity index (χ2v) is 6.84. The SMILES string of the molecule is O=c1c2cc(Br)ccc2ncn1Cc1ccc(SC(F)F)cc1. The van der Waals surface area contributed by atoms with Crippen LogP contribution in [0.3, 0.4) is 0 Å². The van der Waals surface area contributed by atoms with Crippen molar-refractivity contribution in [1.82, 2.24) is 9.55 Å². The zero-order valence-electron chi connectivity index (χ0n) is 11.7. The molecule has 0 fully saturated rings. The van der Waals surface area contributed by atoms with Crippen LogP contribution in [0.1, 0.15) is 5.56 Å². The molecular formula is C16H11BrF2N2OS. The van der Waals surface area contributed by atoms with Crippen molar-refractivity contribution in [3.05, 3.63) is 69.2 Å². The molecule has 0 aliphatic carbocycles. The molecule has 0 spiro atoms. The largest absolute Gasteiger partial charge is 0.294 e. The van der Waals surface area contributed by atoms with Crippen molar-refractivity contribution >= 4 is 38.6 Å². The zero-order chi connectivity index (χ0) is 16.4. The molecule has 3 rings (SSSR count). The molecule has 0 N–H and O–H groups in total. The van der Waals surface area contributed by atoms with E-state index in [0.29, 0.717) is 34.1 Å². The van der Waals surface area contributed by atoms with Crippen molar-refractivity contribution in [3.63, 3.8) is 0 Å². The molecule has 118 valence electrons. The lowest BCUT2D eigenvalue weighted by Crippen LogP contribution is -2.21. The van der Waals surface area contributed by atoms with Crippen molar-refractivity contribution < 1.29 is 8.78 Å². The van der Waals surface area contributed by atoms with Crippen LogP contribution in [-0.4, -0.2) is 15.3 Å². The Morgan fingerprint density at radius 2 is 1.91 bits per heavy atom. The molecule has 1 heterocycles. The molecular weight excluding hydrogens is 386 g/mol. The highest BCUT2D eigenvalue weighted by molar-refractivity contribution is 9.10. The number of benzene rings is 2. The van der Waals surface area contributed by atoms with Crippen LogP contribution in [0.5, 0.6) is 0 Å². The van der Waals surface area contributed by atoms with Crippen molar-refractivity contribution in [2.24, 2.45) is 0 Å². The summed E-state index contributed by atoms with van der Waals surface area (Å²) in [6, 6.07) is 12.1. The highest BCUT2D eigenvalue weighted by Crippen LogP contribution is 2.25. The van der Waals surface area contributed by atoms with Crippen LogP contribution in [0.4, 0.5) is 8.78 Å². The van der Waals surface area contributed by atoms with Gasteiger partial charge in [-0.15, -0.1) is 0 Å². The lowest BCUT2D eigenvalue weighted by atomic mass is 10.2. The monoisotopic (exact) mass is 396 g/mol. The Balaban J connectivity index is 1.89. The van der Waals surface area contributed by atoms with Crippen molar-refractivity contribution in [1.29, 1.82) is 0 Å². The zero-order valence-corrected chi connectivity index (χ0v) is 14.2. The van der Waals surface area contributed by atoms with E-state index in [1.54, 1.807) is 36.4 Å². The van der Waals surface area contributed by atoms with E-state index >= 15 is 0 Å². The average Bonchev–Trinajstić information content (AvgIpc) is 2.52. The molecule has 0 saturated carbocycles. The Morgan fingerprint density at radius 3 is 2.61 bits per heavy atom. The van der Waals surface area contributed by atoms with Gasteiger partial charge in [0.25, 0.3) is 11.3 Å². The van der Waals surface area contributed by atoms with Crippen LogP contribution < -0.4 is 5.56 Å². The fourth-order valence-corrected chi connectivity index (χ4v) is 3.08. The molecule has 0 radical (unpaired) electrons. The van der Waals surface area contributed by atoms with Crippen LogP contribution in [0.25, 0.3) is 10.9 Å². The minimum atomic E-state index is -2.44. The van der Waals surface area contributed by atoms with E-state index in [-0.39, 0.29) is 5.56 Å². The van der Waals surface area contributed by atoms with Gasteiger partial charge in [0.2, 0.25) is 0 Å². The fourth-order valence-electron chi connectivity index (χ4n) is 2.22. The van der Waals surface area contributed by atoms with Gasteiger partial charge in [0.15, 0.2) is 0 Å². The first-order chi connectivity index (χ1) is 11.0. The van der Waals surface area contributed by atoms with E-state index in [2.05, 4.69) is 20.9 Å². The Bertz CT molecular complexity index is 897. The van der Waals surface area contributed by atoms with Crippen LogP contribution in [0, 0.1) is 0 Å². The summed E-state index contributed by atoms with van der Waals surface area (Å²) in [5.41, 5.74) is 1.35. The van der Waals surface area contributed by atoms with E-state index in [4.69, 9.17) is 0 Å². The molecule has 2 aromatic carbocycles. The van der Waals surface area contributed by atoms with Crippen LogP contribution in [-0.2, 0) is 6.54 Å². The lowest BCUT2D eigenvalue weighted by molar-refractivity contribution is 0.252. The van der Waals surface area contributed by atoms with Gasteiger partial charge < -0.3 is 0 Å². The minimum Gasteiger partial charge on any atom is -0.294 e. The Hall–Kier alpha value is -1.73. The van der Waals surface area contributed by atoms with Crippen LogP contribution >= 0.6 is 27.7 Å². The third kappa shape index (κ3) is 3.79. The Kier molecular flexibility index (Phi) is 4.77. The average molecular weight is 397 g/mol. The van der Waals surface area contributed by atoms with Gasteiger partial charge in [-0.05, 0) is 35.9 Å².